The molecule has 8 aromatic rings. The number of hydrogen-bond donors (Lipinski definition) is 1. The molecule has 6 nitrogen and oxygen atoms in total. The fourth-order valence-electron chi connectivity index (χ4n) is 6.29. The molecular formula is C48H33F2NO5S. The van der Waals surface area contributed by atoms with E-state index < -0.39 is 17.6 Å². The minimum Gasteiger partial charge on any atom is -0.485 e. The first-order valence-corrected chi connectivity index (χ1v) is 18.8. The van der Waals surface area contributed by atoms with E-state index in [-0.39, 0.29) is 30.3 Å². The molecule has 0 bridgehead atoms. The number of hydrogen-bond acceptors (Lipinski definition) is 6. The molecule has 0 spiro atoms. The summed E-state index contributed by atoms with van der Waals surface area (Å²) in [4.78, 5) is 17.0. The van der Waals surface area contributed by atoms with Gasteiger partial charge in [0, 0.05) is 34.6 Å². The number of fused-ring (bicyclic) bond motifs is 1. The smallest absolute Gasteiger partial charge is 0.336 e. The molecule has 280 valence electrons. The minimum absolute atomic E-state index is 0.00932. The number of pyridine rings is 1. The maximum atomic E-state index is 14.4. The van der Waals surface area contributed by atoms with Gasteiger partial charge >= 0.3 is 5.97 Å². The highest BCUT2D eigenvalue weighted by Gasteiger charge is 2.21. The van der Waals surface area contributed by atoms with Gasteiger partial charge in [-0.15, -0.1) is 11.3 Å². The molecule has 2 aromatic heterocycles. The van der Waals surface area contributed by atoms with Crippen LogP contribution in [0.25, 0.3) is 44.0 Å². The number of carboxylic acids is 1. The lowest BCUT2D eigenvalue weighted by Crippen LogP contribution is -2.01. The van der Waals surface area contributed by atoms with Crippen molar-refractivity contribution < 1.29 is 32.9 Å². The lowest BCUT2D eigenvalue weighted by Gasteiger charge is -2.15. The predicted molar refractivity (Wildman–Crippen MR) is 220 cm³/mol. The topological polar surface area (TPSA) is 77.9 Å². The van der Waals surface area contributed by atoms with Gasteiger partial charge in [-0.3, -0.25) is 4.98 Å². The highest BCUT2D eigenvalue weighted by Crippen LogP contribution is 2.47. The molecule has 0 amide bonds. The fourth-order valence-corrected chi connectivity index (χ4v) is 7.37. The zero-order valence-corrected chi connectivity index (χ0v) is 31.1. The molecule has 2 heterocycles. The number of rotatable bonds is 13. The summed E-state index contributed by atoms with van der Waals surface area (Å²) in [6, 6.07) is 46.5. The number of nitrogens with zero attached hydrogens (tertiary/aromatic N) is 1. The average Bonchev–Trinajstić information content (AvgIpc) is 3.58. The Kier molecular flexibility index (Phi) is 10.8. The van der Waals surface area contributed by atoms with Crippen LogP contribution in [0.15, 0.2) is 164 Å². The SMILES string of the molecule is O=C(O)C(=Cc1sc2cc(OCc3ccc(-c4ccccc4)cc3)c(OCc3ccc(-c4ccccc4)cc3)cc2c1Oc1ccc(F)c(F)c1)c1ccncc1. The zero-order valence-electron chi connectivity index (χ0n) is 30.3. The van der Waals surface area contributed by atoms with Gasteiger partial charge in [-0.25, -0.2) is 13.6 Å². The molecule has 0 aliphatic rings. The van der Waals surface area contributed by atoms with Crippen LogP contribution >= 0.6 is 11.3 Å². The molecule has 0 radical (unpaired) electrons. The molecule has 0 aliphatic carbocycles. The predicted octanol–water partition coefficient (Wildman–Crippen LogP) is 12.5. The van der Waals surface area contributed by atoms with E-state index in [0.717, 1.165) is 45.5 Å². The Morgan fingerprint density at radius 3 is 1.72 bits per heavy atom. The zero-order chi connectivity index (χ0) is 39.1. The van der Waals surface area contributed by atoms with Crippen LogP contribution in [-0.2, 0) is 18.0 Å². The van der Waals surface area contributed by atoms with E-state index in [1.165, 1.54) is 35.9 Å². The van der Waals surface area contributed by atoms with E-state index in [9.17, 15) is 18.7 Å². The fraction of sp³-hybridized carbons (Fsp3) is 0.0417. The van der Waals surface area contributed by atoms with E-state index >= 15 is 0 Å². The second-order valence-electron chi connectivity index (χ2n) is 13.1. The van der Waals surface area contributed by atoms with Gasteiger partial charge in [0.05, 0.1) is 10.5 Å². The van der Waals surface area contributed by atoms with Crippen molar-refractivity contribution in [2.45, 2.75) is 13.2 Å². The third-order valence-electron chi connectivity index (χ3n) is 9.25. The molecule has 0 aliphatic heterocycles. The maximum absolute atomic E-state index is 14.4. The third kappa shape index (κ3) is 8.59. The summed E-state index contributed by atoms with van der Waals surface area (Å²) in [5.41, 5.74) is 6.67. The van der Waals surface area contributed by atoms with Crippen LogP contribution in [-0.4, -0.2) is 16.1 Å². The Hall–Kier alpha value is -7.10. The standard InChI is InChI=1S/C48H33F2NO5S/c49-41-20-19-38(25-42(41)50)56-47-40-26-43(54-29-31-11-15-35(16-12-31)33-7-3-1-4-8-33)44(55-30-32-13-17-36(18-14-32)34-9-5-2-6-10-34)28-45(40)57-46(47)27-39(48(52)53)37-21-23-51-24-22-37/h1-28H,29-30H2,(H,52,53). The molecule has 57 heavy (non-hydrogen) atoms. The average molecular weight is 774 g/mol. The Morgan fingerprint density at radius 2 is 1.18 bits per heavy atom. The van der Waals surface area contributed by atoms with E-state index in [1.807, 2.05) is 78.9 Å². The monoisotopic (exact) mass is 773 g/mol. The van der Waals surface area contributed by atoms with Crippen molar-refractivity contribution in [3.8, 4) is 45.3 Å². The first-order chi connectivity index (χ1) is 27.9. The molecule has 9 heteroatoms. The van der Waals surface area contributed by atoms with Crippen molar-refractivity contribution in [1.82, 2.24) is 4.98 Å². The molecule has 0 saturated heterocycles. The lowest BCUT2D eigenvalue weighted by atomic mass is 10.0. The third-order valence-corrected chi connectivity index (χ3v) is 10.3. The van der Waals surface area contributed by atoms with Gasteiger partial charge in [-0.1, -0.05) is 109 Å². The van der Waals surface area contributed by atoms with E-state index in [1.54, 1.807) is 18.2 Å². The number of halogens is 2. The Labute approximate surface area is 331 Å². The number of thiophene rings is 1. The summed E-state index contributed by atoms with van der Waals surface area (Å²) < 4.78 is 48.2. The molecule has 0 fully saturated rings. The van der Waals surface area contributed by atoms with Gasteiger partial charge in [0.25, 0.3) is 0 Å². The normalized spacial score (nSPS) is 11.4. The first-order valence-electron chi connectivity index (χ1n) is 18.0. The van der Waals surface area contributed by atoms with Crippen molar-refractivity contribution in [2.75, 3.05) is 0 Å². The van der Waals surface area contributed by atoms with Crippen LogP contribution in [0, 0.1) is 11.6 Å². The summed E-state index contributed by atoms with van der Waals surface area (Å²) in [5, 5.41) is 10.8. The van der Waals surface area contributed by atoms with Gasteiger partial charge in [0.15, 0.2) is 28.9 Å². The number of carbonyl (C=O) groups is 1. The molecule has 0 unspecified atom stereocenters. The van der Waals surface area contributed by atoms with Crippen LogP contribution in [0.2, 0.25) is 0 Å². The van der Waals surface area contributed by atoms with Crippen molar-refractivity contribution in [1.29, 1.82) is 0 Å². The second-order valence-corrected chi connectivity index (χ2v) is 14.2. The van der Waals surface area contributed by atoms with Gasteiger partial charge in [0.1, 0.15) is 19.0 Å². The lowest BCUT2D eigenvalue weighted by molar-refractivity contribution is -0.130. The summed E-state index contributed by atoms with van der Waals surface area (Å²) in [6.45, 7) is 0.453. The Morgan fingerprint density at radius 1 is 0.632 bits per heavy atom. The number of carboxylic acid groups (broad SMARTS) is 1. The molecular weight excluding hydrogens is 741 g/mol. The quantitative estimate of drug-likeness (QED) is 0.118. The van der Waals surface area contributed by atoms with Crippen LogP contribution < -0.4 is 14.2 Å². The molecule has 0 atom stereocenters. The first kappa shape index (κ1) is 36.9. The van der Waals surface area contributed by atoms with E-state index in [2.05, 4.69) is 41.4 Å². The van der Waals surface area contributed by atoms with E-state index in [4.69, 9.17) is 14.2 Å². The van der Waals surface area contributed by atoms with E-state index in [0.29, 0.717) is 32.0 Å². The Bertz CT molecular complexity index is 2680. The Balaban J connectivity index is 1.18. The largest absolute Gasteiger partial charge is 0.485 e. The van der Waals surface area contributed by atoms with Crippen LogP contribution in [0.4, 0.5) is 8.78 Å². The highest BCUT2D eigenvalue weighted by atomic mass is 32.1. The summed E-state index contributed by atoms with van der Waals surface area (Å²) in [5.74, 6) is -2.12. The minimum atomic E-state index is -1.16. The second kappa shape index (κ2) is 16.7. The van der Waals surface area contributed by atoms with Crippen LogP contribution in [0.3, 0.4) is 0 Å². The summed E-state index contributed by atoms with van der Waals surface area (Å²) in [6.07, 6.45) is 4.52. The number of aliphatic carboxylic acids is 1. The van der Waals surface area contributed by atoms with Crippen molar-refractivity contribution >= 4 is 39.0 Å². The number of benzene rings is 6. The van der Waals surface area contributed by atoms with Crippen molar-refractivity contribution in [3.05, 3.63) is 197 Å². The summed E-state index contributed by atoms with van der Waals surface area (Å²) in [7, 11) is 0. The number of aromatic nitrogens is 1. The van der Waals surface area contributed by atoms with Crippen molar-refractivity contribution in [2.24, 2.45) is 0 Å². The summed E-state index contributed by atoms with van der Waals surface area (Å²) >= 11 is 1.27. The number of ether oxygens (including phenoxy) is 3. The van der Waals surface area contributed by atoms with Gasteiger partial charge in [-0.05, 0) is 75.4 Å². The van der Waals surface area contributed by atoms with Gasteiger partial charge < -0.3 is 19.3 Å². The van der Waals surface area contributed by atoms with Gasteiger partial charge in [0.2, 0.25) is 0 Å². The molecule has 6 aromatic carbocycles. The van der Waals surface area contributed by atoms with Crippen molar-refractivity contribution in [3.63, 3.8) is 0 Å². The van der Waals surface area contributed by atoms with Gasteiger partial charge in [-0.2, -0.15) is 0 Å². The highest BCUT2D eigenvalue weighted by molar-refractivity contribution is 7.20. The van der Waals surface area contributed by atoms with Crippen LogP contribution in [0.5, 0.6) is 23.0 Å². The molecule has 1 N–H and O–H groups in total. The van der Waals surface area contributed by atoms with Crippen LogP contribution in [0.1, 0.15) is 21.6 Å². The maximum Gasteiger partial charge on any atom is 0.336 e. The molecule has 0 saturated carbocycles. The molecule has 8 rings (SSSR count).